The lowest BCUT2D eigenvalue weighted by Gasteiger charge is -2.27. The van der Waals surface area contributed by atoms with Crippen molar-refractivity contribution in [2.24, 2.45) is 5.92 Å². The standard InChI is InChI=1S/C37H44N4O8/c1-3-23-12-11-17-28-30(20-31(47-4-2)39-33(23)28)48-27-19-29-34(43)40-37(35(44)45)21-24(37)13-7-5-6-8-14-25(18-32(42)41(29)22-27)38-36(46)49-26-15-9-10-16-26/h1,7,11-13,17,20,24-27,29H,4-6,8-10,14-16,18-19,21-22H2,2H3,(H,38,46)(H,40,43)(H,44,45)/b13-7-/t24-,25-,27+,29-,37+/m0/s1. The molecular weight excluding hydrogens is 628 g/mol. The predicted octanol–water partition coefficient (Wildman–Crippen LogP) is 4.48. The van der Waals surface area contributed by atoms with Crippen LogP contribution in [-0.4, -0.2) is 81.8 Å². The minimum atomic E-state index is -1.42. The monoisotopic (exact) mass is 672 g/mol. The van der Waals surface area contributed by atoms with Gasteiger partial charge in [0.15, 0.2) is 0 Å². The van der Waals surface area contributed by atoms with Crippen LogP contribution in [0.2, 0.25) is 0 Å². The molecule has 12 heteroatoms. The first-order chi connectivity index (χ1) is 23.7. The number of amides is 3. The fourth-order valence-electron chi connectivity index (χ4n) is 7.31. The number of pyridine rings is 1. The number of carboxylic acid groups (broad SMARTS) is 1. The van der Waals surface area contributed by atoms with Crippen LogP contribution in [0.25, 0.3) is 10.9 Å². The van der Waals surface area contributed by atoms with E-state index in [-0.39, 0.29) is 43.7 Å². The van der Waals surface area contributed by atoms with E-state index in [0.29, 0.717) is 41.1 Å². The summed E-state index contributed by atoms with van der Waals surface area (Å²) >= 11 is 0. The molecule has 1 saturated heterocycles. The molecule has 2 aliphatic carbocycles. The van der Waals surface area contributed by atoms with Gasteiger partial charge in [0.25, 0.3) is 0 Å². The SMILES string of the molecule is C#Cc1cccc2c(O[C@@H]3C[C@H]4C(=O)N[C@]5(C(=O)O)C[C@@H]5/C=C\CCCC[C@H](NC(=O)OC5CCCC5)CC(=O)N4C3)cc(OCC)nc12. The van der Waals surface area contributed by atoms with Gasteiger partial charge < -0.3 is 34.9 Å². The highest BCUT2D eigenvalue weighted by Crippen LogP contribution is 2.45. The van der Waals surface area contributed by atoms with Gasteiger partial charge in [-0.1, -0.05) is 30.6 Å². The van der Waals surface area contributed by atoms with E-state index in [1.807, 2.05) is 25.1 Å². The summed E-state index contributed by atoms with van der Waals surface area (Å²) in [5.41, 5.74) is -0.328. The number of para-hydroxylation sites is 1. The Morgan fingerprint density at radius 3 is 2.71 bits per heavy atom. The quantitative estimate of drug-likeness (QED) is 0.285. The van der Waals surface area contributed by atoms with E-state index in [0.717, 1.165) is 44.9 Å². The molecule has 0 radical (unpaired) electrons. The highest BCUT2D eigenvalue weighted by Gasteiger charge is 2.61. The Hall–Kier alpha value is -4.79. The van der Waals surface area contributed by atoms with Crippen molar-refractivity contribution < 1.29 is 38.5 Å². The van der Waals surface area contributed by atoms with Gasteiger partial charge in [-0.25, -0.2) is 14.6 Å². The second-order valence-electron chi connectivity index (χ2n) is 13.4. The Bertz CT molecular complexity index is 1660. The molecule has 2 aliphatic heterocycles. The number of allylic oxidation sites excluding steroid dienone is 1. The number of nitrogens with zero attached hydrogens (tertiary/aromatic N) is 2. The highest BCUT2D eigenvalue weighted by atomic mass is 16.6. The molecule has 4 aliphatic rings. The number of rotatable bonds is 7. The third-order valence-electron chi connectivity index (χ3n) is 10.0. The van der Waals surface area contributed by atoms with Crippen LogP contribution >= 0.6 is 0 Å². The third kappa shape index (κ3) is 7.61. The number of benzene rings is 1. The number of aliphatic carboxylic acids is 1. The van der Waals surface area contributed by atoms with Gasteiger partial charge in [0.2, 0.25) is 17.7 Å². The smallest absolute Gasteiger partial charge is 0.407 e. The zero-order chi connectivity index (χ0) is 34.5. The van der Waals surface area contributed by atoms with Crippen LogP contribution < -0.4 is 20.1 Å². The number of hydrogen-bond donors (Lipinski definition) is 3. The Kier molecular flexibility index (Phi) is 10.3. The first kappa shape index (κ1) is 34.1. The minimum absolute atomic E-state index is 0.0446. The summed E-state index contributed by atoms with van der Waals surface area (Å²) in [5.74, 6) is 1.06. The van der Waals surface area contributed by atoms with E-state index in [1.165, 1.54) is 4.90 Å². The van der Waals surface area contributed by atoms with Crippen LogP contribution in [0.1, 0.15) is 83.1 Å². The van der Waals surface area contributed by atoms with Crippen molar-refractivity contribution in [1.29, 1.82) is 0 Å². The number of fused-ring (bicyclic) bond motifs is 3. The van der Waals surface area contributed by atoms with Crippen LogP contribution in [0.3, 0.4) is 0 Å². The maximum Gasteiger partial charge on any atom is 0.407 e. The van der Waals surface area contributed by atoms with Crippen molar-refractivity contribution in [3.8, 4) is 24.0 Å². The van der Waals surface area contributed by atoms with E-state index in [2.05, 4.69) is 21.5 Å². The molecule has 6 rings (SSSR count). The largest absolute Gasteiger partial charge is 0.488 e. The molecule has 49 heavy (non-hydrogen) atoms. The molecule has 12 nitrogen and oxygen atoms in total. The summed E-state index contributed by atoms with van der Waals surface area (Å²) in [6.45, 7) is 2.28. The Morgan fingerprint density at radius 1 is 1.16 bits per heavy atom. The molecule has 260 valence electrons. The Labute approximate surface area is 285 Å². The number of ether oxygens (including phenoxy) is 3. The average molecular weight is 673 g/mol. The fourth-order valence-corrected chi connectivity index (χ4v) is 7.31. The number of carboxylic acids is 1. The molecule has 5 atom stereocenters. The van der Waals surface area contributed by atoms with E-state index in [9.17, 15) is 24.3 Å². The summed E-state index contributed by atoms with van der Waals surface area (Å²) in [7, 11) is 0. The molecule has 3 fully saturated rings. The average Bonchev–Trinajstić information content (AvgIpc) is 3.35. The van der Waals surface area contributed by atoms with Crippen molar-refractivity contribution in [2.75, 3.05) is 13.2 Å². The van der Waals surface area contributed by atoms with Crippen LogP contribution in [0, 0.1) is 18.3 Å². The molecule has 2 aromatic rings. The number of terminal acetylenes is 1. The van der Waals surface area contributed by atoms with E-state index in [4.69, 9.17) is 20.6 Å². The number of aromatic nitrogens is 1. The van der Waals surface area contributed by atoms with Crippen molar-refractivity contribution >= 4 is 34.8 Å². The number of carbonyl (C=O) groups excluding carboxylic acids is 3. The van der Waals surface area contributed by atoms with Gasteiger partial charge in [0.05, 0.1) is 24.2 Å². The van der Waals surface area contributed by atoms with Crippen LogP contribution in [-0.2, 0) is 19.1 Å². The molecule has 3 amide bonds. The first-order valence-corrected chi connectivity index (χ1v) is 17.4. The fraction of sp³-hybridized carbons (Fsp3) is 0.541. The van der Waals surface area contributed by atoms with Crippen LogP contribution in [0.15, 0.2) is 36.4 Å². The highest BCUT2D eigenvalue weighted by molar-refractivity contribution is 5.95. The summed E-state index contributed by atoms with van der Waals surface area (Å²) < 4.78 is 17.8. The first-order valence-electron chi connectivity index (χ1n) is 17.4. The van der Waals surface area contributed by atoms with Crippen molar-refractivity contribution in [3.63, 3.8) is 0 Å². The molecule has 1 aromatic carbocycles. The molecule has 3 N–H and O–H groups in total. The van der Waals surface area contributed by atoms with Gasteiger partial charge in [-0.3, -0.25) is 9.59 Å². The summed E-state index contributed by atoms with van der Waals surface area (Å²) in [4.78, 5) is 59.3. The number of alkyl carbamates (subject to hydrolysis) is 1. The van der Waals surface area contributed by atoms with E-state index < -0.39 is 41.7 Å². The summed E-state index contributed by atoms with van der Waals surface area (Å²) in [5, 5.41) is 16.5. The third-order valence-corrected chi connectivity index (χ3v) is 10.0. The Balaban J connectivity index is 1.27. The number of carbonyl (C=O) groups is 4. The molecule has 0 spiro atoms. The molecule has 0 unspecified atom stereocenters. The minimum Gasteiger partial charge on any atom is -0.488 e. The van der Waals surface area contributed by atoms with Crippen molar-refractivity contribution in [2.45, 2.75) is 107 Å². The normalized spacial score (nSPS) is 28.2. The zero-order valence-electron chi connectivity index (χ0n) is 27.8. The lowest BCUT2D eigenvalue weighted by Crippen LogP contribution is -2.53. The summed E-state index contributed by atoms with van der Waals surface area (Å²) in [6, 6.07) is 5.59. The number of hydrogen-bond acceptors (Lipinski definition) is 8. The van der Waals surface area contributed by atoms with E-state index >= 15 is 0 Å². The maximum atomic E-state index is 14.1. The van der Waals surface area contributed by atoms with Crippen molar-refractivity contribution in [3.05, 3.63) is 42.0 Å². The number of nitrogens with one attached hydrogen (secondary N) is 2. The molecule has 0 bridgehead atoms. The van der Waals surface area contributed by atoms with Crippen LogP contribution in [0.5, 0.6) is 11.6 Å². The molecular formula is C37H44N4O8. The molecule has 3 heterocycles. The van der Waals surface area contributed by atoms with Crippen LogP contribution in [0.4, 0.5) is 4.79 Å². The van der Waals surface area contributed by atoms with Gasteiger partial charge in [-0.15, -0.1) is 6.42 Å². The van der Waals surface area contributed by atoms with Crippen molar-refractivity contribution in [1.82, 2.24) is 20.5 Å². The topological polar surface area (TPSA) is 156 Å². The summed E-state index contributed by atoms with van der Waals surface area (Å²) in [6.07, 6.45) is 15.2. The van der Waals surface area contributed by atoms with Gasteiger partial charge in [0, 0.05) is 36.3 Å². The van der Waals surface area contributed by atoms with E-state index in [1.54, 1.807) is 18.2 Å². The van der Waals surface area contributed by atoms with Gasteiger partial charge in [0.1, 0.15) is 29.5 Å². The van der Waals surface area contributed by atoms with Gasteiger partial charge in [-0.05, 0) is 70.4 Å². The second-order valence-corrected chi connectivity index (χ2v) is 13.4. The maximum absolute atomic E-state index is 14.1. The van der Waals surface area contributed by atoms with Gasteiger partial charge in [-0.2, -0.15) is 0 Å². The lowest BCUT2D eigenvalue weighted by atomic mass is 10.0. The molecule has 1 aromatic heterocycles. The molecule has 2 saturated carbocycles. The zero-order valence-corrected chi connectivity index (χ0v) is 27.8. The van der Waals surface area contributed by atoms with Gasteiger partial charge >= 0.3 is 12.1 Å². The Morgan fingerprint density at radius 2 is 1.96 bits per heavy atom. The predicted molar refractivity (Wildman–Crippen MR) is 180 cm³/mol. The second kappa shape index (κ2) is 14.8. The lowest BCUT2D eigenvalue weighted by molar-refractivity contribution is -0.145.